The number of hydrogen-bond donors (Lipinski definition) is 0. The average Bonchev–Trinajstić information content (AvgIpc) is 2.92. The van der Waals surface area contributed by atoms with E-state index in [-0.39, 0.29) is 11.8 Å². The minimum absolute atomic E-state index is 0.00468. The minimum atomic E-state index is -0.462. The Morgan fingerprint density at radius 1 is 1.50 bits per heavy atom. The van der Waals surface area contributed by atoms with Gasteiger partial charge in [-0.15, -0.1) is 0 Å². The van der Waals surface area contributed by atoms with Crippen molar-refractivity contribution in [3.05, 3.63) is 33.3 Å². The van der Waals surface area contributed by atoms with Crippen LogP contribution < -0.4 is 4.74 Å². The highest BCUT2D eigenvalue weighted by molar-refractivity contribution is 6.32. The molecule has 1 aliphatic rings. The van der Waals surface area contributed by atoms with Crippen LogP contribution in [0.2, 0.25) is 5.02 Å². The lowest BCUT2D eigenvalue weighted by Gasteiger charge is -2.05. The average molecular weight is 214 g/mol. The molecule has 4 nitrogen and oxygen atoms in total. The van der Waals surface area contributed by atoms with Gasteiger partial charge in [-0.05, 0) is 18.9 Å². The molecule has 0 heterocycles. The summed E-state index contributed by atoms with van der Waals surface area (Å²) in [5.74, 6) is 0.406. The molecular formula is C9H8ClNO3. The molecule has 0 atom stereocenters. The SMILES string of the molecule is O=[N+]([O-])c1ccc(Cl)c(OC2CC2)c1. The maximum atomic E-state index is 10.5. The monoisotopic (exact) mass is 213 g/mol. The Kier molecular flexibility index (Phi) is 2.29. The molecule has 0 saturated heterocycles. The molecule has 2 rings (SSSR count). The number of halogens is 1. The third-order valence-corrected chi connectivity index (χ3v) is 2.26. The zero-order valence-corrected chi connectivity index (χ0v) is 8.03. The molecule has 74 valence electrons. The van der Waals surface area contributed by atoms with Crippen molar-refractivity contribution in [2.45, 2.75) is 18.9 Å². The van der Waals surface area contributed by atoms with Crippen molar-refractivity contribution < 1.29 is 9.66 Å². The van der Waals surface area contributed by atoms with Gasteiger partial charge < -0.3 is 4.74 Å². The standard InChI is InChI=1S/C9H8ClNO3/c10-8-4-1-6(11(12)13)5-9(8)14-7-2-3-7/h1,4-5,7H,2-3H2. The highest BCUT2D eigenvalue weighted by atomic mass is 35.5. The quantitative estimate of drug-likeness (QED) is 0.573. The largest absolute Gasteiger partial charge is 0.489 e. The van der Waals surface area contributed by atoms with Crippen LogP contribution in [0, 0.1) is 10.1 Å². The highest BCUT2D eigenvalue weighted by Gasteiger charge is 2.25. The smallest absolute Gasteiger partial charge is 0.273 e. The lowest BCUT2D eigenvalue weighted by atomic mass is 10.3. The molecule has 0 amide bonds. The molecule has 5 heteroatoms. The van der Waals surface area contributed by atoms with Gasteiger partial charge in [0, 0.05) is 6.07 Å². The summed E-state index contributed by atoms with van der Waals surface area (Å²) in [6.07, 6.45) is 2.19. The molecule has 14 heavy (non-hydrogen) atoms. The molecule has 0 N–H and O–H groups in total. The maximum Gasteiger partial charge on any atom is 0.273 e. The molecule has 0 bridgehead atoms. The Morgan fingerprint density at radius 2 is 2.21 bits per heavy atom. The molecule has 0 radical (unpaired) electrons. The summed E-state index contributed by atoms with van der Waals surface area (Å²) in [4.78, 5) is 10.0. The summed E-state index contributed by atoms with van der Waals surface area (Å²) in [7, 11) is 0. The number of non-ortho nitro benzene ring substituents is 1. The van der Waals surface area contributed by atoms with Crippen molar-refractivity contribution in [2.24, 2.45) is 0 Å². The third kappa shape index (κ3) is 1.96. The molecule has 0 unspecified atom stereocenters. The van der Waals surface area contributed by atoms with Gasteiger partial charge in [0.1, 0.15) is 5.75 Å². The predicted molar refractivity (Wildman–Crippen MR) is 51.8 cm³/mol. The lowest BCUT2D eigenvalue weighted by molar-refractivity contribution is -0.384. The first-order chi connectivity index (χ1) is 6.66. The van der Waals surface area contributed by atoms with E-state index >= 15 is 0 Å². The van der Waals surface area contributed by atoms with Crippen molar-refractivity contribution >= 4 is 17.3 Å². The Labute approximate surface area is 85.6 Å². The Hall–Kier alpha value is -1.29. The van der Waals surface area contributed by atoms with Gasteiger partial charge in [0.15, 0.2) is 0 Å². The fourth-order valence-electron chi connectivity index (χ4n) is 1.06. The molecular weight excluding hydrogens is 206 g/mol. The van der Waals surface area contributed by atoms with Gasteiger partial charge in [-0.3, -0.25) is 10.1 Å². The van der Waals surface area contributed by atoms with Crippen molar-refractivity contribution in [2.75, 3.05) is 0 Å². The van der Waals surface area contributed by atoms with Gasteiger partial charge in [-0.25, -0.2) is 0 Å². The number of hydrogen-bond acceptors (Lipinski definition) is 3. The number of nitro benzene ring substituents is 1. The van der Waals surface area contributed by atoms with Crippen LogP contribution in [-0.2, 0) is 0 Å². The molecule has 0 aromatic heterocycles. The number of nitrogens with zero attached hydrogens (tertiary/aromatic N) is 1. The number of nitro groups is 1. The van der Waals surface area contributed by atoms with Crippen molar-refractivity contribution in [3.8, 4) is 5.75 Å². The Balaban J connectivity index is 2.26. The topological polar surface area (TPSA) is 52.4 Å². The zero-order chi connectivity index (χ0) is 10.1. The van der Waals surface area contributed by atoms with E-state index in [1.165, 1.54) is 18.2 Å². The fraction of sp³-hybridized carbons (Fsp3) is 0.333. The second kappa shape index (κ2) is 3.46. The summed E-state index contributed by atoms with van der Waals surface area (Å²) in [6, 6.07) is 4.21. The van der Waals surface area contributed by atoms with E-state index in [2.05, 4.69) is 0 Å². The zero-order valence-electron chi connectivity index (χ0n) is 7.27. The van der Waals surface area contributed by atoms with Crippen molar-refractivity contribution in [3.63, 3.8) is 0 Å². The molecule has 1 fully saturated rings. The maximum absolute atomic E-state index is 10.5. The number of benzene rings is 1. The second-order valence-electron chi connectivity index (χ2n) is 3.19. The molecule has 1 aromatic carbocycles. The van der Waals surface area contributed by atoms with Crippen molar-refractivity contribution in [1.82, 2.24) is 0 Å². The van der Waals surface area contributed by atoms with E-state index in [1.807, 2.05) is 0 Å². The molecule has 1 aliphatic carbocycles. The first-order valence-electron chi connectivity index (χ1n) is 4.27. The van der Waals surface area contributed by atoms with E-state index in [0.717, 1.165) is 12.8 Å². The summed E-state index contributed by atoms with van der Waals surface area (Å²) >= 11 is 5.83. The first kappa shape index (κ1) is 9.27. The minimum Gasteiger partial charge on any atom is -0.489 e. The second-order valence-corrected chi connectivity index (χ2v) is 3.60. The van der Waals surface area contributed by atoms with Crippen LogP contribution in [0.3, 0.4) is 0 Å². The van der Waals surface area contributed by atoms with E-state index < -0.39 is 4.92 Å². The Bertz CT molecular complexity index is 376. The summed E-state index contributed by atoms with van der Waals surface area (Å²) in [5.41, 5.74) is 0.00468. The lowest BCUT2D eigenvalue weighted by Crippen LogP contribution is -1.97. The van der Waals surface area contributed by atoms with E-state index in [9.17, 15) is 10.1 Å². The highest BCUT2D eigenvalue weighted by Crippen LogP contribution is 2.34. The van der Waals surface area contributed by atoms with Crippen LogP contribution >= 0.6 is 11.6 Å². The first-order valence-corrected chi connectivity index (χ1v) is 4.65. The summed E-state index contributed by atoms with van der Waals surface area (Å²) in [5, 5.41) is 10.9. The van der Waals surface area contributed by atoms with Gasteiger partial charge in [-0.2, -0.15) is 0 Å². The van der Waals surface area contributed by atoms with E-state index in [1.54, 1.807) is 0 Å². The molecule has 0 aliphatic heterocycles. The van der Waals surface area contributed by atoms with Gasteiger partial charge in [0.25, 0.3) is 5.69 Å². The van der Waals surface area contributed by atoms with Crippen LogP contribution in [0.5, 0.6) is 5.75 Å². The van der Waals surface area contributed by atoms with Gasteiger partial charge in [-0.1, -0.05) is 11.6 Å². The third-order valence-electron chi connectivity index (χ3n) is 1.94. The summed E-state index contributed by atoms with van der Waals surface area (Å²) in [6.45, 7) is 0. The fourth-order valence-corrected chi connectivity index (χ4v) is 1.22. The molecule has 1 saturated carbocycles. The predicted octanol–water partition coefficient (Wildman–Crippen LogP) is 2.79. The van der Waals surface area contributed by atoms with Crippen LogP contribution in [0.4, 0.5) is 5.69 Å². The Morgan fingerprint density at radius 3 is 2.79 bits per heavy atom. The van der Waals surface area contributed by atoms with Crippen LogP contribution in [-0.4, -0.2) is 11.0 Å². The van der Waals surface area contributed by atoms with Gasteiger partial charge in [0.2, 0.25) is 0 Å². The number of rotatable bonds is 3. The normalized spacial score (nSPS) is 15.2. The van der Waals surface area contributed by atoms with Crippen LogP contribution in [0.25, 0.3) is 0 Å². The molecule has 0 spiro atoms. The van der Waals surface area contributed by atoms with Crippen molar-refractivity contribution in [1.29, 1.82) is 0 Å². The van der Waals surface area contributed by atoms with Crippen LogP contribution in [0.1, 0.15) is 12.8 Å². The number of ether oxygens (including phenoxy) is 1. The van der Waals surface area contributed by atoms with E-state index in [0.29, 0.717) is 10.8 Å². The molecule has 1 aromatic rings. The van der Waals surface area contributed by atoms with E-state index in [4.69, 9.17) is 16.3 Å². The van der Waals surface area contributed by atoms with Gasteiger partial charge >= 0.3 is 0 Å². The van der Waals surface area contributed by atoms with Crippen LogP contribution in [0.15, 0.2) is 18.2 Å². The summed E-state index contributed by atoms with van der Waals surface area (Å²) < 4.78 is 5.41. The van der Waals surface area contributed by atoms with Gasteiger partial charge in [0.05, 0.1) is 22.1 Å².